The summed E-state index contributed by atoms with van der Waals surface area (Å²) in [5.41, 5.74) is 6.62. The average molecular weight is 550 g/mol. The first-order chi connectivity index (χ1) is 18.4. The van der Waals surface area contributed by atoms with Crippen molar-refractivity contribution in [1.82, 2.24) is 0 Å². The summed E-state index contributed by atoms with van der Waals surface area (Å²) in [4.78, 5) is 25.0. The lowest BCUT2D eigenvalue weighted by Gasteiger charge is -2.35. The van der Waals surface area contributed by atoms with E-state index < -0.39 is 11.6 Å². The molecule has 1 heterocycles. The zero-order valence-electron chi connectivity index (χ0n) is 23.6. The van der Waals surface area contributed by atoms with E-state index in [1.807, 2.05) is 50.4 Å². The fourth-order valence-electron chi connectivity index (χ4n) is 4.47. The molecule has 0 bridgehead atoms. The van der Waals surface area contributed by atoms with Crippen molar-refractivity contribution in [3.63, 3.8) is 0 Å². The average Bonchev–Trinajstić information content (AvgIpc) is 2.90. The molecule has 0 spiro atoms. The zero-order chi connectivity index (χ0) is 29.5. The number of hydrogen-bond donors (Lipinski definition) is 1. The van der Waals surface area contributed by atoms with E-state index in [4.69, 9.17) is 9.84 Å². The molecule has 0 fully saturated rings. The Bertz CT molecular complexity index is 1350. The highest BCUT2D eigenvalue weighted by atomic mass is 32.2. The van der Waals surface area contributed by atoms with Gasteiger partial charge in [-0.25, -0.2) is 4.39 Å². The first kappa shape index (κ1) is 31.6. The molecule has 206 valence electrons. The van der Waals surface area contributed by atoms with Crippen molar-refractivity contribution in [2.45, 2.75) is 53.2 Å². The van der Waals surface area contributed by atoms with E-state index in [-0.39, 0.29) is 12.2 Å². The first-order valence-corrected chi connectivity index (χ1v) is 13.5. The Morgan fingerprint density at radius 2 is 1.69 bits per heavy atom. The van der Waals surface area contributed by atoms with Gasteiger partial charge in [0.2, 0.25) is 0 Å². The van der Waals surface area contributed by atoms with Crippen LogP contribution in [0.5, 0.6) is 0 Å². The summed E-state index contributed by atoms with van der Waals surface area (Å²) in [5, 5.41) is 8.52. The second-order valence-corrected chi connectivity index (χ2v) is 10.8. The highest BCUT2D eigenvalue weighted by molar-refractivity contribution is 7.99. The third-order valence-electron chi connectivity index (χ3n) is 6.03. The van der Waals surface area contributed by atoms with Gasteiger partial charge >= 0.3 is 5.97 Å². The van der Waals surface area contributed by atoms with Crippen LogP contribution in [0.2, 0.25) is 0 Å². The number of fused-ring (bicyclic) bond motifs is 3. The summed E-state index contributed by atoms with van der Waals surface area (Å²) in [7, 11) is 1.35. The number of aliphatic hydroxyl groups is 1. The molecule has 39 heavy (non-hydrogen) atoms. The van der Waals surface area contributed by atoms with Gasteiger partial charge in [-0.1, -0.05) is 53.9 Å². The van der Waals surface area contributed by atoms with E-state index in [0.29, 0.717) is 28.8 Å². The Morgan fingerprint density at radius 3 is 2.21 bits per heavy atom. The van der Waals surface area contributed by atoms with Crippen LogP contribution >= 0.6 is 11.9 Å². The van der Waals surface area contributed by atoms with Gasteiger partial charge in [-0.2, -0.15) is 0 Å². The largest absolute Gasteiger partial charge is 0.469 e. The van der Waals surface area contributed by atoms with Gasteiger partial charge in [0, 0.05) is 22.9 Å². The second kappa shape index (κ2) is 13.5. The van der Waals surface area contributed by atoms with Crippen molar-refractivity contribution in [3.8, 4) is 35.1 Å². The Balaban J connectivity index is 0.000000686. The van der Waals surface area contributed by atoms with E-state index in [1.54, 1.807) is 26.8 Å². The van der Waals surface area contributed by atoms with Gasteiger partial charge in [0.05, 0.1) is 31.4 Å². The Kier molecular flexibility index (Phi) is 10.9. The van der Waals surface area contributed by atoms with Crippen LogP contribution < -0.4 is 4.31 Å². The molecule has 3 aromatic carbocycles. The maximum Gasteiger partial charge on any atom is 0.310 e. The van der Waals surface area contributed by atoms with Gasteiger partial charge in [0.1, 0.15) is 5.82 Å². The number of carbonyl (C=O) groups is 2. The molecule has 0 atom stereocenters. The smallest absolute Gasteiger partial charge is 0.310 e. The van der Waals surface area contributed by atoms with Crippen LogP contribution in [-0.2, 0) is 22.5 Å². The Hall–Kier alpha value is -3.60. The molecule has 1 aliphatic heterocycles. The van der Waals surface area contributed by atoms with E-state index in [1.165, 1.54) is 25.1 Å². The van der Waals surface area contributed by atoms with Crippen molar-refractivity contribution in [1.29, 1.82) is 0 Å². The van der Waals surface area contributed by atoms with Gasteiger partial charge in [-0.15, -0.1) is 12.8 Å². The van der Waals surface area contributed by atoms with Crippen LogP contribution in [0, 0.1) is 32.5 Å². The van der Waals surface area contributed by atoms with Crippen molar-refractivity contribution >= 4 is 29.9 Å². The van der Waals surface area contributed by atoms with Crippen molar-refractivity contribution in [2.24, 2.45) is 0 Å². The summed E-state index contributed by atoms with van der Waals surface area (Å²) < 4.78 is 22.2. The molecule has 1 N–H and O–H groups in total. The minimum absolute atomic E-state index is 0.0199. The summed E-state index contributed by atoms with van der Waals surface area (Å²) in [5.74, 6) is -0.751. The molecule has 4 rings (SSSR count). The maximum atomic E-state index is 15.2. The predicted octanol–water partition coefficient (Wildman–Crippen LogP) is 6.93. The molecule has 7 heteroatoms. The molecule has 3 aromatic rings. The number of benzene rings is 3. The molecule has 0 amide bonds. The van der Waals surface area contributed by atoms with Gasteiger partial charge < -0.3 is 14.1 Å². The van der Waals surface area contributed by atoms with Gasteiger partial charge in [-0.3, -0.25) is 9.59 Å². The molecule has 0 radical (unpaired) electrons. The van der Waals surface area contributed by atoms with Crippen LogP contribution in [-0.4, -0.2) is 36.3 Å². The molecule has 0 saturated heterocycles. The molecule has 1 aliphatic rings. The van der Waals surface area contributed by atoms with Crippen LogP contribution in [0.15, 0.2) is 42.5 Å². The number of anilines is 1. The minimum atomic E-state index is -0.500. The number of esters is 1. The SMILES string of the molecule is C#C.CC(C)(C)O.COC(=O)Cc1c(C)c2c(c(C=O)c1-c1ccc(C)cc1)-c1c(F)cccc1CN2SC. The van der Waals surface area contributed by atoms with Gasteiger partial charge in [-0.05, 0) is 68.5 Å². The van der Waals surface area contributed by atoms with Crippen LogP contribution in [0.3, 0.4) is 0 Å². The zero-order valence-corrected chi connectivity index (χ0v) is 24.4. The lowest BCUT2D eigenvalue weighted by atomic mass is 9.80. The minimum Gasteiger partial charge on any atom is -0.469 e. The summed E-state index contributed by atoms with van der Waals surface area (Å²) >= 11 is 1.51. The molecule has 5 nitrogen and oxygen atoms in total. The third kappa shape index (κ3) is 7.29. The molecule has 0 aliphatic carbocycles. The normalized spacial score (nSPS) is 11.6. The number of halogens is 1. The van der Waals surface area contributed by atoms with Crippen LogP contribution in [0.1, 0.15) is 53.4 Å². The number of ether oxygens (including phenoxy) is 1. The molecule has 0 unspecified atom stereocenters. The van der Waals surface area contributed by atoms with E-state index in [2.05, 4.69) is 17.2 Å². The van der Waals surface area contributed by atoms with Crippen molar-refractivity contribution in [2.75, 3.05) is 17.7 Å². The number of aldehydes is 1. The number of terminal acetylenes is 1. The number of hydrogen-bond acceptors (Lipinski definition) is 6. The van der Waals surface area contributed by atoms with Crippen LogP contribution in [0.4, 0.5) is 10.1 Å². The molecular formula is C32H36FNO4S. The summed E-state index contributed by atoms with van der Waals surface area (Å²) in [6.45, 7) is 9.65. The third-order valence-corrected chi connectivity index (χ3v) is 6.78. The quantitative estimate of drug-likeness (QED) is 0.161. The van der Waals surface area contributed by atoms with E-state index >= 15 is 4.39 Å². The fourth-order valence-corrected chi connectivity index (χ4v) is 5.15. The number of nitrogens with zero attached hydrogens (tertiary/aromatic N) is 1. The topological polar surface area (TPSA) is 66.8 Å². The van der Waals surface area contributed by atoms with Gasteiger partial charge in [0.25, 0.3) is 0 Å². The maximum absolute atomic E-state index is 15.2. The van der Waals surface area contributed by atoms with Crippen molar-refractivity contribution in [3.05, 3.63) is 76.1 Å². The first-order valence-electron chi connectivity index (χ1n) is 12.3. The fraction of sp³-hybridized carbons (Fsp3) is 0.312. The number of methoxy groups -OCH3 is 1. The lowest BCUT2D eigenvalue weighted by Crippen LogP contribution is -2.23. The van der Waals surface area contributed by atoms with E-state index in [9.17, 15) is 9.59 Å². The standard InChI is InChI=1S/C26H24FNO3S.C4H10O.C2H2/c1-15-8-10-17(11-9-15)23-19(12-22(30)31-3)16(2)26-25(20(23)14-29)24-18(13-28(26)32-4)6-5-7-21(24)27;1-4(2,3)5;1-2/h5-11,14H,12-13H2,1-4H3;5H,1-3H3;1-2H. The molecule has 0 saturated carbocycles. The summed E-state index contributed by atoms with van der Waals surface area (Å²) in [6.07, 6.45) is 10.8. The van der Waals surface area contributed by atoms with Crippen LogP contribution in [0.25, 0.3) is 22.3 Å². The highest BCUT2D eigenvalue weighted by Gasteiger charge is 2.33. The molecule has 0 aromatic heterocycles. The lowest BCUT2D eigenvalue weighted by molar-refractivity contribution is -0.139. The number of rotatable bonds is 5. The summed E-state index contributed by atoms with van der Waals surface area (Å²) in [6, 6.07) is 12.8. The van der Waals surface area contributed by atoms with E-state index in [0.717, 1.165) is 39.8 Å². The number of aryl methyl sites for hydroxylation is 1. The second-order valence-electron chi connectivity index (χ2n) is 10.0. The van der Waals surface area contributed by atoms with Gasteiger partial charge in [0.15, 0.2) is 6.29 Å². The Labute approximate surface area is 235 Å². The number of carbonyl (C=O) groups excluding carboxylic acids is 2. The molecular weight excluding hydrogens is 513 g/mol. The highest BCUT2D eigenvalue weighted by Crippen LogP contribution is 2.50. The monoisotopic (exact) mass is 549 g/mol. The Morgan fingerprint density at radius 1 is 1.10 bits per heavy atom. The van der Waals surface area contributed by atoms with Crippen molar-refractivity contribution < 1.29 is 23.8 Å². The predicted molar refractivity (Wildman–Crippen MR) is 159 cm³/mol.